The van der Waals surface area contributed by atoms with Crippen LogP contribution in [0, 0.1) is 12.3 Å². The van der Waals surface area contributed by atoms with Gasteiger partial charge in [0.25, 0.3) is 0 Å². The summed E-state index contributed by atoms with van der Waals surface area (Å²) in [5.41, 5.74) is 12.1. The van der Waals surface area contributed by atoms with E-state index in [-0.39, 0.29) is 5.96 Å². The number of carbonyl (C=O) groups is 1. The van der Waals surface area contributed by atoms with Gasteiger partial charge in [0.05, 0.1) is 12.5 Å². The lowest BCUT2D eigenvalue weighted by Crippen LogP contribution is -2.22. The molecule has 0 saturated heterocycles. The molecular formula is C14H17N3O2. The second-order valence-electron chi connectivity index (χ2n) is 4.12. The fourth-order valence-electron chi connectivity index (χ4n) is 1.70. The summed E-state index contributed by atoms with van der Waals surface area (Å²) in [6, 6.07) is 7.17. The smallest absolute Gasteiger partial charge is 0.311 e. The van der Waals surface area contributed by atoms with Gasteiger partial charge in [-0.1, -0.05) is 24.3 Å². The third-order valence-corrected chi connectivity index (χ3v) is 2.70. The zero-order valence-electron chi connectivity index (χ0n) is 10.5. The Balaban J connectivity index is 2.80. The molecule has 5 heteroatoms. The van der Waals surface area contributed by atoms with Crippen LogP contribution >= 0.6 is 0 Å². The van der Waals surface area contributed by atoms with Crippen molar-refractivity contribution >= 4 is 11.9 Å². The second kappa shape index (κ2) is 7.07. The molecule has 0 aliphatic rings. The highest BCUT2D eigenvalue weighted by molar-refractivity contribution is 5.76. The Morgan fingerprint density at radius 1 is 1.37 bits per heavy atom. The Bertz CT molecular complexity index is 496. The molecule has 1 aromatic rings. The van der Waals surface area contributed by atoms with E-state index in [1.54, 1.807) is 12.1 Å². The maximum atomic E-state index is 11.2. The van der Waals surface area contributed by atoms with Gasteiger partial charge in [-0.15, -0.1) is 12.3 Å². The summed E-state index contributed by atoms with van der Waals surface area (Å²) in [6.07, 6.45) is 6.03. The summed E-state index contributed by atoms with van der Waals surface area (Å²) < 4.78 is 0. The van der Waals surface area contributed by atoms with Crippen LogP contribution in [0.3, 0.4) is 0 Å². The number of nitrogens with two attached hydrogens (primary N) is 2. The Morgan fingerprint density at radius 3 is 2.47 bits per heavy atom. The first-order valence-electron chi connectivity index (χ1n) is 5.85. The van der Waals surface area contributed by atoms with Gasteiger partial charge in [-0.25, -0.2) is 4.99 Å². The summed E-state index contributed by atoms with van der Waals surface area (Å²) in [5, 5.41) is 9.18. The predicted molar refractivity (Wildman–Crippen MR) is 74.4 cm³/mol. The topological polar surface area (TPSA) is 102 Å². The molecule has 0 radical (unpaired) electrons. The molecule has 1 rings (SSSR count). The normalized spacial score (nSPS) is 11.3. The van der Waals surface area contributed by atoms with E-state index in [4.69, 9.17) is 17.9 Å². The Kier molecular flexibility index (Phi) is 5.42. The minimum atomic E-state index is -0.868. The molecule has 1 atom stereocenters. The maximum absolute atomic E-state index is 11.2. The fourth-order valence-corrected chi connectivity index (χ4v) is 1.70. The van der Waals surface area contributed by atoms with Crippen molar-refractivity contribution in [3.05, 3.63) is 35.4 Å². The number of hydrogen-bond donors (Lipinski definition) is 3. The lowest BCUT2D eigenvalue weighted by molar-refractivity contribution is -0.138. The van der Waals surface area contributed by atoms with Gasteiger partial charge in [0.15, 0.2) is 5.96 Å². The van der Waals surface area contributed by atoms with E-state index in [9.17, 15) is 9.90 Å². The monoisotopic (exact) mass is 259 g/mol. The average molecular weight is 259 g/mol. The lowest BCUT2D eigenvalue weighted by Gasteiger charge is -2.11. The molecule has 0 aromatic heterocycles. The number of guanidine groups is 1. The Labute approximate surface area is 112 Å². The highest BCUT2D eigenvalue weighted by atomic mass is 16.4. The average Bonchev–Trinajstić information content (AvgIpc) is 2.37. The van der Waals surface area contributed by atoms with E-state index in [1.807, 2.05) is 12.1 Å². The number of carboxylic acid groups (broad SMARTS) is 1. The predicted octanol–water partition coefficient (Wildman–Crippen LogP) is 1.04. The van der Waals surface area contributed by atoms with Crippen molar-refractivity contribution in [2.24, 2.45) is 16.5 Å². The lowest BCUT2D eigenvalue weighted by atomic mass is 9.94. The summed E-state index contributed by atoms with van der Waals surface area (Å²) in [5.74, 6) is 1.04. The van der Waals surface area contributed by atoms with Crippen LogP contribution in [0.1, 0.15) is 29.9 Å². The molecule has 0 amide bonds. The summed E-state index contributed by atoms with van der Waals surface area (Å²) in [4.78, 5) is 15.1. The third kappa shape index (κ3) is 4.72. The van der Waals surface area contributed by atoms with Crippen LogP contribution in [-0.4, -0.2) is 17.0 Å². The Morgan fingerprint density at radius 2 is 2.00 bits per heavy atom. The number of terminal acetylenes is 1. The molecule has 100 valence electrons. The van der Waals surface area contributed by atoms with Gasteiger partial charge in [-0.3, -0.25) is 4.79 Å². The number of rotatable bonds is 6. The van der Waals surface area contributed by atoms with Crippen molar-refractivity contribution in [3.8, 4) is 12.3 Å². The maximum Gasteiger partial charge on any atom is 0.311 e. The van der Waals surface area contributed by atoms with Gasteiger partial charge in [-0.05, 0) is 17.5 Å². The number of aliphatic carboxylic acids is 1. The molecule has 0 spiro atoms. The largest absolute Gasteiger partial charge is 0.481 e. The van der Waals surface area contributed by atoms with E-state index >= 15 is 0 Å². The van der Waals surface area contributed by atoms with E-state index in [1.165, 1.54) is 0 Å². The molecule has 0 saturated carbocycles. The molecule has 1 aromatic carbocycles. The standard InChI is InChI=1S/C14H17N3O2/c1-2-3-4-12(13(18)19)11-7-5-10(6-8-11)9-17-14(15)16/h1,5-8,12H,3-4,9H2,(H,18,19)(H4,15,16,17). The molecule has 0 aliphatic carbocycles. The van der Waals surface area contributed by atoms with Crippen LogP contribution in [0.25, 0.3) is 0 Å². The highest BCUT2D eigenvalue weighted by Crippen LogP contribution is 2.22. The molecule has 0 fully saturated rings. The van der Waals surface area contributed by atoms with Gasteiger partial charge in [0.1, 0.15) is 0 Å². The van der Waals surface area contributed by atoms with Gasteiger partial charge >= 0.3 is 5.97 Å². The van der Waals surface area contributed by atoms with Crippen molar-refractivity contribution < 1.29 is 9.90 Å². The number of aliphatic imine (C=N–C) groups is 1. The zero-order valence-corrected chi connectivity index (χ0v) is 10.5. The minimum absolute atomic E-state index is 0.0292. The third-order valence-electron chi connectivity index (χ3n) is 2.70. The van der Waals surface area contributed by atoms with Crippen molar-refractivity contribution in [3.63, 3.8) is 0 Å². The number of nitrogens with zero attached hydrogens (tertiary/aromatic N) is 1. The van der Waals surface area contributed by atoms with Crippen LogP contribution in [0.2, 0.25) is 0 Å². The van der Waals surface area contributed by atoms with Crippen LogP contribution < -0.4 is 11.5 Å². The molecule has 5 N–H and O–H groups in total. The molecule has 5 nitrogen and oxygen atoms in total. The van der Waals surface area contributed by atoms with E-state index in [0.29, 0.717) is 19.4 Å². The minimum Gasteiger partial charge on any atom is -0.481 e. The molecule has 0 heterocycles. The molecule has 0 aliphatic heterocycles. The summed E-state index contributed by atoms with van der Waals surface area (Å²) >= 11 is 0. The van der Waals surface area contributed by atoms with E-state index < -0.39 is 11.9 Å². The first-order chi connectivity index (χ1) is 9.04. The van der Waals surface area contributed by atoms with Gasteiger partial charge in [-0.2, -0.15) is 0 Å². The quantitative estimate of drug-likeness (QED) is 0.403. The number of benzene rings is 1. The van der Waals surface area contributed by atoms with E-state index in [0.717, 1.165) is 11.1 Å². The number of carboxylic acids is 1. The first-order valence-corrected chi connectivity index (χ1v) is 5.85. The SMILES string of the molecule is C#CCCC(C(=O)O)c1ccc(CN=C(N)N)cc1. The van der Waals surface area contributed by atoms with Crippen LogP contribution in [0.15, 0.2) is 29.3 Å². The van der Waals surface area contributed by atoms with Crippen molar-refractivity contribution in [1.29, 1.82) is 0 Å². The summed E-state index contributed by atoms with van der Waals surface area (Å²) in [6.45, 7) is 0.380. The van der Waals surface area contributed by atoms with Crippen LogP contribution in [0.5, 0.6) is 0 Å². The van der Waals surface area contributed by atoms with Crippen molar-refractivity contribution in [1.82, 2.24) is 0 Å². The molecule has 19 heavy (non-hydrogen) atoms. The Hall–Kier alpha value is -2.48. The molecule has 0 bridgehead atoms. The van der Waals surface area contributed by atoms with Crippen LogP contribution in [0.4, 0.5) is 0 Å². The highest BCUT2D eigenvalue weighted by Gasteiger charge is 2.18. The summed E-state index contributed by atoms with van der Waals surface area (Å²) in [7, 11) is 0. The van der Waals surface area contributed by atoms with Gasteiger partial charge in [0, 0.05) is 6.42 Å². The number of hydrogen-bond acceptors (Lipinski definition) is 2. The fraction of sp³-hybridized carbons (Fsp3) is 0.286. The molecule has 1 unspecified atom stereocenters. The van der Waals surface area contributed by atoms with E-state index in [2.05, 4.69) is 10.9 Å². The molecular weight excluding hydrogens is 242 g/mol. The van der Waals surface area contributed by atoms with Crippen LogP contribution in [-0.2, 0) is 11.3 Å². The zero-order chi connectivity index (χ0) is 14.3. The van der Waals surface area contributed by atoms with Gasteiger partial charge in [0.2, 0.25) is 0 Å². The van der Waals surface area contributed by atoms with Gasteiger partial charge < -0.3 is 16.6 Å². The van der Waals surface area contributed by atoms with Crippen molar-refractivity contribution in [2.75, 3.05) is 0 Å². The first kappa shape index (κ1) is 14.6. The van der Waals surface area contributed by atoms with Crippen molar-refractivity contribution in [2.45, 2.75) is 25.3 Å². The second-order valence-corrected chi connectivity index (χ2v) is 4.12.